The summed E-state index contributed by atoms with van der Waals surface area (Å²) in [7, 11) is 3.23. The van der Waals surface area contributed by atoms with E-state index in [0.717, 1.165) is 11.6 Å². The summed E-state index contributed by atoms with van der Waals surface area (Å²) in [5.74, 6) is -0.486. The molecule has 0 unspecified atom stereocenters. The highest BCUT2D eigenvalue weighted by molar-refractivity contribution is 5.97. The number of amides is 1. The summed E-state index contributed by atoms with van der Waals surface area (Å²) in [6.45, 7) is 0. The highest BCUT2D eigenvalue weighted by Crippen LogP contribution is 2.38. The molecule has 0 spiro atoms. The molecule has 3 rings (SSSR count). The minimum atomic E-state index is -0.502. The number of hydrogen-bond donors (Lipinski definition) is 2. The average molecular weight is 333 g/mol. The molecular formula is C17H20FN3O3. The third kappa shape index (κ3) is 3.26. The van der Waals surface area contributed by atoms with E-state index < -0.39 is 11.7 Å². The van der Waals surface area contributed by atoms with Crippen LogP contribution >= 0.6 is 0 Å². The fourth-order valence-corrected chi connectivity index (χ4v) is 3.05. The molecule has 1 aliphatic carbocycles. The van der Waals surface area contributed by atoms with Gasteiger partial charge in [0.25, 0.3) is 5.91 Å². The number of halogens is 1. The van der Waals surface area contributed by atoms with E-state index in [0.29, 0.717) is 18.6 Å². The van der Waals surface area contributed by atoms with Crippen LogP contribution in [0.2, 0.25) is 0 Å². The third-order valence-corrected chi connectivity index (χ3v) is 4.40. The molecule has 0 radical (unpaired) electrons. The van der Waals surface area contributed by atoms with Gasteiger partial charge in [-0.3, -0.25) is 9.48 Å². The molecule has 0 bridgehead atoms. The van der Waals surface area contributed by atoms with Crippen molar-refractivity contribution in [3.05, 3.63) is 47.5 Å². The second kappa shape index (κ2) is 6.60. The molecule has 1 aromatic heterocycles. The van der Waals surface area contributed by atoms with E-state index in [-0.39, 0.29) is 23.6 Å². The molecule has 1 aromatic carbocycles. The van der Waals surface area contributed by atoms with E-state index in [4.69, 9.17) is 4.74 Å². The Bertz CT molecular complexity index is 740. The fourth-order valence-electron chi connectivity index (χ4n) is 3.05. The Labute approximate surface area is 139 Å². The van der Waals surface area contributed by atoms with Gasteiger partial charge in [0.05, 0.1) is 31.0 Å². The van der Waals surface area contributed by atoms with Crippen LogP contribution in [0.15, 0.2) is 30.6 Å². The Hall–Kier alpha value is -2.41. The lowest BCUT2D eigenvalue weighted by atomic mass is 9.75. The van der Waals surface area contributed by atoms with E-state index in [1.807, 2.05) is 6.20 Å². The molecule has 1 saturated carbocycles. The Balaban J connectivity index is 1.85. The van der Waals surface area contributed by atoms with Crippen LogP contribution in [0.4, 0.5) is 4.39 Å². The van der Waals surface area contributed by atoms with Gasteiger partial charge in [0, 0.05) is 18.8 Å². The normalized spacial score (nSPS) is 21.0. The molecule has 24 heavy (non-hydrogen) atoms. The number of hydrogen-bond acceptors (Lipinski definition) is 4. The van der Waals surface area contributed by atoms with Crippen LogP contribution in [0.1, 0.15) is 34.8 Å². The van der Waals surface area contributed by atoms with Gasteiger partial charge < -0.3 is 15.2 Å². The zero-order chi connectivity index (χ0) is 17.3. The molecule has 6 nitrogen and oxygen atoms in total. The highest BCUT2D eigenvalue weighted by atomic mass is 19.1. The molecule has 128 valence electrons. The van der Waals surface area contributed by atoms with Crippen molar-refractivity contribution in [2.75, 3.05) is 7.11 Å². The van der Waals surface area contributed by atoms with E-state index in [2.05, 4.69) is 10.4 Å². The van der Waals surface area contributed by atoms with Crippen molar-refractivity contribution < 1.29 is 19.0 Å². The lowest BCUT2D eigenvalue weighted by Gasteiger charge is -2.37. The minimum Gasteiger partial charge on any atom is -0.496 e. The van der Waals surface area contributed by atoms with Gasteiger partial charge in [0.1, 0.15) is 11.6 Å². The summed E-state index contributed by atoms with van der Waals surface area (Å²) in [4.78, 5) is 12.6. The van der Waals surface area contributed by atoms with Crippen molar-refractivity contribution in [3.63, 3.8) is 0 Å². The number of aromatic nitrogens is 2. The van der Waals surface area contributed by atoms with E-state index in [1.54, 1.807) is 17.9 Å². The van der Waals surface area contributed by atoms with E-state index in [9.17, 15) is 14.3 Å². The van der Waals surface area contributed by atoms with Crippen LogP contribution in [0, 0.1) is 11.7 Å². The molecular weight excluding hydrogens is 313 g/mol. The topological polar surface area (TPSA) is 76.4 Å². The van der Waals surface area contributed by atoms with Crippen LogP contribution in [-0.2, 0) is 7.05 Å². The summed E-state index contributed by atoms with van der Waals surface area (Å²) < 4.78 is 20.3. The molecule has 2 N–H and O–H groups in total. The Morgan fingerprint density at radius 1 is 1.50 bits per heavy atom. The Kier molecular flexibility index (Phi) is 4.53. The van der Waals surface area contributed by atoms with Crippen molar-refractivity contribution in [3.8, 4) is 5.75 Å². The second-order valence-electron chi connectivity index (χ2n) is 6.13. The fraction of sp³-hybridized carbons (Fsp3) is 0.412. The maximum absolute atomic E-state index is 13.5. The van der Waals surface area contributed by atoms with Crippen LogP contribution in [0.5, 0.6) is 5.75 Å². The van der Waals surface area contributed by atoms with Gasteiger partial charge in [0.2, 0.25) is 0 Å². The molecule has 2 aromatic rings. The number of methoxy groups -OCH3 is 1. The molecule has 7 heteroatoms. The number of aliphatic hydroxyl groups is 1. The predicted molar refractivity (Wildman–Crippen MR) is 85.1 cm³/mol. The lowest BCUT2D eigenvalue weighted by molar-refractivity contribution is 0.0235. The number of nitrogens with zero attached hydrogens (tertiary/aromatic N) is 2. The van der Waals surface area contributed by atoms with Crippen molar-refractivity contribution in [2.45, 2.75) is 25.0 Å². The zero-order valence-electron chi connectivity index (χ0n) is 13.6. The first kappa shape index (κ1) is 16.4. The van der Waals surface area contributed by atoms with Gasteiger partial charge in [-0.05, 0) is 37.0 Å². The first-order valence-corrected chi connectivity index (χ1v) is 7.79. The van der Waals surface area contributed by atoms with Crippen LogP contribution < -0.4 is 10.1 Å². The summed E-state index contributed by atoms with van der Waals surface area (Å²) in [5, 5.41) is 16.7. The van der Waals surface area contributed by atoms with E-state index in [1.165, 1.54) is 19.2 Å². The monoisotopic (exact) mass is 333 g/mol. The van der Waals surface area contributed by atoms with Gasteiger partial charge in [-0.1, -0.05) is 0 Å². The number of aryl methyl sites for hydroxylation is 1. The lowest BCUT2D eigenvalue weighted by Crippen LogP contribution is -2.41. The standard InChI is InChI=1S/C17H20FN3O3/c1-21-9-11(8-19-21)16(10-5-13(22)6-10)20-17(23)14-7-12(18)3-4-15(14)24-2/h3-4,7-10,13,16,22H,5-6H2,1-2H3,(H,20,23)/t10?,13?,16-/m1/s1. The quantitative estimate of drug-likeness (QED) is 0.875. The number of carbonyl (C=O) groups excluding carboxylic acids is 1. The Morgan fingerprint density at radius 2 is 2.25 bits per heavy atom. The van der Waals surface area contributed by atoms with Crippen molar-refractivity contribution in [1.82, 2.24) is 15.1 Å². The number of ether oxygens (including phenoxy) is 1. The van der Waals surface area contributed by atoms with Crippen molar-refractivity contribution in [1.29, 1.82) is 0 Å². The SMILES string of the molecule is COc1ccc(F)cc1C(=O)N[C@@H](c1cnn(C)c1)C1CC(O)C1. The maximum atomic E-state index is 13.5. The van der Waals surface area contributed by atoms with Gasteiger partial charge in [-0.15, -0.1) is 0 Å². The molecule has 1 aliphatic rings. The van der Waals surface area contributed by atoms with Crippen LogP contribution in [-0.4, -0.2) is 34.0 Å². The number of carbonyl (C=O) groups is 1. The van der Waals surface area contributed by atoms with Crippen molar-refractivity contribution in [2.24, 2.45) is 13.0 Å². The maximum Gasteiger partial charge on any atom is 0.255 e. The summed E-state index contributed by atoms with van der Waals surface area (Å²) in [6, 6.07) is 3.54. The summed E-state index contributed by atoms with van der Waals surface area (Å²) in [5.41, 5.74) is 1.00. The minimum absolute atomic E-state index is 0.118. The molecule has 1 atom stereocenters. The molecule has 0 aliphatic heterocycles. The molecule has 0 saturated heterocycles. The first-order chi connectivity index (χ1) is 11.5. The number of nitrogens with one attached hydrogen (secondary N) is 1. The molecule has 1 fully saturated rings. The highest BCUT2D eigenvalue weighted by Gasteiger charge is 2.36. The number of benzene rings is 1. The van der Waals surface area contributed by atoms with Gasteiger partial charge in [-0.25, -0.2) is 4.39 Å². The second-order valence-corrected chi connectivity index (χ2v) is 6.13. The smallest absolute Gasteiger partial charge is 0.255 e. The summed E-state index contributed by atoms with van der Waals surface area (Å²) >= 11 is 0. The number of rotatable bonds is 5. The van der Waals surface area contributed by atoms with Crippen molar-refractivity contribution >= 4 is 5.91 Å². The first-order valence-electron chi connectivity index (χ1n) is 7.79. The van der Waals surface area contributed by atoms with Gasteiger partial charge >= 0.3 is 0 Å². The van der Waals surface area contributed by atoms with Crippen LogP contribution in [0.3, 0.4) is 0 Å². The van der Waals surface area contributed by atoms with Gasteiger partial charge in [-0.2, -0.15) is 5.10 Å². The van der Waals surface area contributed by atoms with Gasteiger partial charge in [0.15, 0.2) is 0 Å². The average Bonchev–Trinajstić information content (AvgIpc) is 2.96. The molecule has 1 amide bonds. The molecule has 1 heterocycles. The number of aliphatic hydroxyl groups excluding tert-OH is 1. The summed E-state index contributed by atoms with van der Waals surface area (Å²) in [6.07, 6.45) is 4.41. The zero-order valence-corrected chi connectivity index (χ0v) is 13.6. The third-order valence-electron chi connectivity index (χ3n) is 4.40. The van der Waals surface area contributed by atoms with Crippen LogP contribution in [0.25, 0.3) is 0 Å². The Morgan fingerprint density at radius 3 is 2.83 bits per heavy atom. The largest absolute Gasteiger partial charge is 0.496 e. The van der Waals surface area contributed by atoms with E-state index >= 15 is 0 Å². The predicted octanol–water partition coefficient (Wildman–Crippen LogP) is 1.81.